The van der Waals surface area contributed by atoms with Crippen LogP contribution < -0.4 is 0 Å². The molecule has 0 atom stereocenters. The van der Waals surface area contributed by atoms with Gasteiger partial charge in [0, 0.05) is 0 Å². The summed E-state index contributed by atoms with van der Waals surface area (Å²) in [5.41, 5.74) is 17.7. The summed E-state index contributed by atoms with van der Waals surface area (Å²) in [5, 5.41) is 0. The second-order valence-electron chi connectivity index (χ2n) is 7.70. The Hall–Kier alpha value is -2.34. The molecule has 118 valence electrons. The second kappa shape index (κ2) is 4.60. The van der Waals surface area contributed by atoms with Crippen LogP contribution in [0.15, 0.2) is 36.4 Å². The maximum absolute atomic E-state index is 2.40. The van der Waals surface area contributed by atoms with Gasteiger partial charge in [-0.15, -0.1) is 0 Å². The van der Waals surface area contributed by atoms with Gasteiger partial charge in [-0.05, 0) is 96.2 Å². The Labute approximate surface area is 144 Å². The Bertz CT molecular complexity index is 1030. The maximum atomic E-state index is 2.40. The third kappa shape index (κ3) is 1.74. The van der Waals surface area contributed by atoms with Crippen molar-refractivity contribution in [3.05, 3.63) is 80.9 Å². The number of rotatable bonds is 0. The predicted molar refractivity (Wildman–Crippen MR) is 102 cm³/mol. The number of hydrogen-bond acceptors (Lipinski definition) is 0. The molecule has 0 spiro atoms. The zero-order valence-corrected chi connectivity index (χ0v) is 14.9. The quantitative estimate of drug-likeness (QED) is 0.326. The van der Waals surface area contributed by atoms with Gasteiger partial charge in [-0.2, -0.15) is 0 Å². The van der Waals surface area contributed by atoms with Crippen molar-refractivity contribution in [2.24, 2.45) is 0 Å². The van der Waals surface area contributed by atoms with E-state index in [0.29, 0.717) is 0 Å². The van der Waals surface area contributed by atoms with Crippen molar-refractivity contribution < 1.29 is 0 Å². The first kappa shape index (κ1) is 14.0. The van der Waals surface area contributed by atoms with Crippen molar-refractivity contribution in [3.8, 4) is 22.3 Å². The van der Waals surface area contributed by atoms with Crippen LogP contribution in [0.3, 0.4) is 0 Å². The molecule has 3 aromatic rings. The first-order valence-corrected chi connectivity index (χ1v) is 8.88. The van der Waals surface area contributed by atoms with Crippen LogP contribution >= 0.6 is 0 Å². The lowest BCUT2D eigenvalue weighted by Gasteiger charge is -2.10. The van der Waals surface area contributed by atoms with E-state index in [2.05, 4.69) is 64.1 Å². The van der Waals surface area contributed by atoms with E-state index in [1.54, 1.807) is 5.56 Å². The average Bonchev–Trinajstić information content (AvgIpc) is 3.06. The summed E-state index contributed by atoms with van der Waals surface area (Å²) < 4.78 is 0. The molecule has 0 nitrogen and oxygen atoms in total. The molecule has 0 N–H and O–H groups in total. The number of fused-ring (bicyclic) bond motifs is 7. The van der Waals surface area contributed by atoms with E-state index in [1.807, 2.05) is 0 Å². The third-order valence-corrected chi connectivity index (χ3v) is 5.91. The van der Waals surface area contributed by atoms with Crippen LogP contribution in [0.4, 0.5) is 0 Å². The van der Waals surface area contributed by atoms with Gasteiger partial charge in [-0.25, -0.2) is 0 Å². The molecule has 5 rings (SSSR count). The van der Waals surface area contributed by atoms with Crippen LogP contribution in [-0.2, 0) is 12.8 Å². The summed E-state index contributed by atoms with van der Waals surface area (Å²) in [7, 11) is 0. The molecular weight excluding hydrogens is 288 g/mol. The van der Waals surface area contributed by atoms with Gasteiger partial charge in [0.15, 0.2) is 0 Å². The summed E-state index contributed by atoms with van der Waals surface area (Å²) in [4.78, 5) is 0. The van der Waals surface area contributed by atoms with E-state index in [4.69, 9.17) is 0 Å². The molecule has 0 fully saturated rings. The van der Waals surface area contributed by atoms with Crippen LogP contribution in [-0.4, -0.2) is 0 Å². The van der Waals surface area contributed by atoms with E-state index in [0.717, 1.165) is 12.8 Å². The highest BCUT2D eigenvalue weighted by Gasteiger charge is 2.29. The highest BCUT2D eigenvalue weighted by molar-refractivity contribution is 5.91. The molecule has 0 saturated carbocycles. The van der Waals surface area contributed by atoms with Crippen molar-refractivity contribution >= 4 is 0 Å². The fraction of sp³-hybridized carbons (Fsp3) is 0.250. The van der Waals surface area contributed by atoms with Gasteiger partial charge < -0.3 is 0 Å². The summed E-state index contributed by atoms with van der Waals surface area (Å²) in [6.07, 6.45) is 2.19. The Kier molecular flexibility index (Phi) is 2.69. The summed E-state index contributed by atoms with van der Waals surface area (Å²) in [6.45, 7) is 8.96. The fourth-order valence-corrected chi connectivity index (χ4v) is 4.91. The van der Waals surface area contributed by atoms with Crippen molar-refractivity contribution in [2.45, 2.75) is 40.5 Å². The van der Waals surface area contributed by atoms with Crippen molar-refractivity contribution in [2.75, 3.05) is 0 Å². The molecule has 3 aromatic carbocycles. The molecule has 0 saturated heterocycles. The van der Waals surface area contributed by atoms with Crippen LogP contribution in [0.1, 0.15) is 44.5 Å². The number of hydrogen-bond donors (Lipinski definition) is 0. The predicted octanol–water partition coefficient (Wildman–Crippen LogP) is 6.06. The van der Waals surface area contributed by atoms with E-state index >= 15 is 0 Å². The highest BCUT2D eigenvalue weighted by atomic mass is 14.3. The van der Waals surface area contributed by atoms with Gasteiger partial charge in [0.2, 0.25) is 0 Å². The Morgan fingerprint density at radius 1 is 0.583 bits per heavy atom. The molecule has 24 heavy (non-hydrogen) atoms. The first-order chi connectivity index (χ1) is 11.5. The summed E-state index contributed by atoms with van der Waals surface area (Å²) >= 11 is 0. The number of aryl methyl sites for hydroxylation is 4. The van der Waals surface area contributed by atoms with Gasteiger partial charge in [0.1, 0.15) is 0 Å². The zero-order valence-electron chi connectivity index (χ0n) is 14.9. The molecule has 0 radical (unpaired) electrons. The highest BCUT2D eigenvalue weighted by Crippen LogP contribution is 2.49. The lowest BCUT2D eigenvalue weighted by Crippen LogP contribution is -1.90. The van der Waals surface area contributed by atoms with Crippen molar-refractivity contribution in [1.29, 1.82) is 0 Å². The van der Waals surface area contributed by atoms with Gasteiger partial charge in [-0.3, -0.25) is 0 Å². The van der Waals surface area contributed by atoms with Crippen LogP contribution in [0.25, 0.3) is 22.3 Å². The molecule has 0 aliphatic heterocycles. The zero-order chi connectivity index (χ0) is 16.6. The average molecular weight is 310 g/mol. The van der Waals surface area contributed by atoms with Gasteiger partial charge in [0.05, 0.1) is 0 Å². The SMILES string of the molecule is Cc1cc(C)c2c(c1)-c1ccc3c(c1C2)-c1cc(C)cc(C)c1C3. The summed E-state index contributed by atoms with van der Waals surface area (Å²) in [6, 6.07) is 14.2. The maximum Gasteiger partial charge on any atom is -0.000455 e. The molecule has 0 heteroatoms. The monoisotopic (exact) mass is 310 g/mol. The second-order valence-corrected chi connectivity index (χ2v) is 7.70. The topological polar surface area (TPSA) is 0 Å². The van der Waals surface area contributed by atoms with Gasteiger partial charge in [-0.1, -0.05) is 47.5 Å². The Balaban J connectivity index is 1.81. The largest absolute Gasteiger partial charge is 0.0574 e. The van der Waals surface area contributed by atoms with Gasteiger partial charge >= 0.3 is 0 Å². The summed E-state index contributed by atoms with van der Waals surface area (Å²) in [5.74, 6) is 0. The van der Waals surface area contributed by atoms with Crippen LogP contribution in [0.5, 0.6) is 0 Å². The lowest BCUT2D eigenvalue weighted by atomic mass is 9.93. The Morgan fingerprint density at radius 3 is 1.92 bits per heavy atom. The van der Waals surface area contributed by atoms with Crippen LogP contribution in [0, 0.1) is 27.7 Å². The van der Waals surface area contributed by atoms with Crippen molar-refractivity contribution in [1.82, 2.24) is 0 Å². The molecule has 0 aromatic heterocycles. The number of benzene rings is 3. The van der Waals surface area contributed by atoms with Gasteiger partial charge in [0.25, 0.3) is 0 Å². The molecule has 0 unspecified atom stereocenters. The van der Waals surface area contributed by atoms with E-state index in [-0.39, 0.29) is 0 Å². The standard InChI is InChI=1S/C24H22/c1-13-7-16(4)20-12-23-18(21(20)9-13)6-5-17-11-19-15(3)8-14(2)10-22(19)24(17)23/h5-10H,11-12H2,1-4H3. The molecule has 0 bridgehead atoms. The minimum Gasteiger partial charge on any atom is -0.0574 e. The molecule has 2 aliphatic rings. The normalized spacial score (nSPS) is 13.5. The first-order valence-electron chi connectivity index (χ1n) is 8.88. The third-order valence-electron chi connectivity index (χ3n) is 5.91. The van der Waals surface area contributed by atoms with Crippen molar-refractivity contribution in [3.63, 3.8) is 0 Å². The lowest BCUT2D eigenvalue weighted by molar-refractivity contribution is 1.19. The molecule has 2 aliphatic carbocycles. The minimum absolute atomic E-state index is 1.09. The van der Waals surface area contributed by atoms with E-state index in [9.17, 15) is 0 Å². The molecule has 0 amide bonds. The minimum atomic E-state index is 1.09. The van der Waals surface area contributed by atoms with E-state index in [1.165, 1.54) is 61.2 Å². The van der Waals surface area contributed by atoms with E-state index < -0.39 is 0 Å². The van der Waals surface area contributed by atoms with Crippen LogP contribution in [0.2, 0.25) is 0 Å². The molecular formula is C24H22. The Morgan fingerprint density at radius 2 is 1.21 bits per heavy atom. The molecule has 0 heterocycles. The fourth-order valence-electron chi connectivity index (χ4n) is 4.91. The smallest absolute Gasteiger partial charge is 0.000455 e.